The minimum atomic E-state index is -4.43. The zero-order valence-electron chi connectivity index (χ0n) is 15.3. The maximum Gasteiger partial charge on any atom is 0.416 e. The van der Waals surface area contributed by atoms with Gasteiger partial charge in [0.15, 0.2) is 0 Å². The number of carbonyl (C=O) groups is 2. The number of nitrogens with zero attached hydrogens (tertiary/aromatic N) is 1. The first kappa shape index (κ1) is 20.0. The third-order valence-corrected chi connectivity index (χ3v) is 4.92. The van der Waals surface area contributed by atoms with Gasteiger partial charge in [0.1, 0.15) is 6.26 Å². The first-order valence-electron chi connectivity index (χ1n) is 9.04. The van der Waals surface area contributed by atoms with Gasteiger partial charge >= 0.3 is 6.18 Å². The third-order valence-electron chi connectivity index (χ3n) is 4.92. The van der Waals surface area contributed by atoms with E-state index < -0.39 is 23.7 Å². The van der Waals surface area contributed by atoms with Crippen molar-refractivity contribution >= 4 is 11.8 Å². The number of likely N-dealkylation sites (tertiary alicyclic amines) is 1. The van der Waals surface area contributed by atoms with E-state index in [-0.39, 0.29) is 18.4 Å². The Morgan fingerprint density at radius 2 is 2.07 bits per heavy atom. The van der Waals surface area contributed by atoms with Crippen molar-refractivity contribution < 1.29 is 27.2 Å². The van der Waals surface area contributed by atoms with Gasteiger partial charge in [-0.3, -0.25) is 9.59 Å². The molecule has 1 aromatic heterocycles. The lowest BCUT2D eigenvalue weighted by molar-refractivity contribution is -0.137. The molecule has 0 spiro atoms. The average molecular weight is 394 g/mol. The molecule has 3 rings (SSSR count). The summed E-state index contributed by atoms with van der Waals surface area (Å²) in [5.74, 6) is -0.871. The lowest BCUT2D eigenvalue weighted by atomic mass is 9.95. The maximum absolute atomic E-state index is 12.9. The van der Waals surface area contributed by atoms with E-state index >= 15 is 0 Å². The first-order chi connectivity index (χ1) is 13.3. The van der Waals surface area contributed by atoms with E-state index in [2.05, 4.69) is 5.32 Å². The molecule has 0 aliphatic carbocycles. The number of nitrogens with one attached hydrogen (secondary N) is 1. The van der Waals surface area contributed by atoms with Gasteiger partial charge in [0, 0.05) is 13.1 Å². The number of amides is 2. The summed E-state index contributed by atoms with van der Waals surface area (Å²) in [5, 5.41) is 2.78. The second kappa shape index (κ2) is 8.08. The van der Waals surface area contributed by atoms with Crippen molar-refractivity contribution in [2.24, 2.45) is 5.92 Å². The summed E-state index contributed by atoms with van der Waals surface area (Å²) in [7, 11) is 0. The Morgan fingerprint density at radius 1 is 1.29 bits per heavy atom. The molecule has 0 bridgehead atoms. The summed E-state index contributed by atoms with van der Waals surface area (Å²) >= 11 is 0. The van der Waals surface area contributed by atoms with Gasteiger partial charge in [-0.2, -0.15) is 13.2 Å². The molecule has 0 saturated carbocycles. The fourth-order valence-corrected chi connectivity index (χ4v) is 3.34. The average Bonchev–Trinajstić information content (AvgIpc) is 3.21. The van der Waals surface area contributed by atoms with Crippen molar-refractivity contribution in [3.05, 3.63) is 59.5 Å². The highest BCUT2D eigenvalue weighted by atomic mass is 19.4. The van der Waals surface area contributed by atoms with E-state index in [4.69, 9.17) is 4.42 Å². The van der Waals surface area contributed by atoms with Gasteiger partial charge in [-0.25, -0.2) is 0 Å². The van der Waals surface area contributed by atoms with Crippen LogP contribution in [0.15, 0.2) is 47.3 Å². The molecule has 0 radical (unpaired) electrons. The Hall–Kier alpha value is -2.77. The molecule has 28 heavy (non-hydrogen) atoms. The smallest absolute Gasteiger partial charge is 0.416 e. The van der Waals surface area contributed by atoms with E-state index in [0.717, 1.165) is 12.1 Å². The van der Waals surface area contributed by atoms with Crippen molar-refractivity contribution in [1.29, 1.82) is 0 Å². The molecule has 150 valence electrons. The van der Waals surface area contributed by atoms with E-state index in [1.807, 2.05) is 0 Å². The second-order valence-corrected chi connectivity index (χ2v) is 6.96. The predicted molar refractivity (Wildman–Crippen MR) is 95.3 cm³/mol. The van der Waals surface area contributed by atoms with Crippen LogP contribution in [0.25, 0.3) is 0 Å². The highest BCUT2D eigenvalue weighted by molar-refractivity contribution is 5.94. The summed E-state index contributed by atoms with van der Waals surface area (Å²) in [4.78, 5) is 26.7. The van der Waals surface area contributed by atoms with Gasteiger partial charge in [0.25, 0.3) is 5.91 Å². The number of hydrogen-bond donors (Lipinski definition) is 1. The number of halogens is 3. The Labute approximate surface area is 160 Å². The fourth-order valence-electron chi connectivity index (χ4n) is 3.34. The minimum Gasteiger partial charge on any atom is -0.472 e. The van der Waals surface area contributed by atoms with Gasteiger partial charge in [0.05, 0.1) is 29.3 Å². The van der Waals surface area contributed by atoms with Crippen LogP contribution in [0, 0.1) is 5.92 Å². The molecule has 8 heteroatoms. The van der Waals surface area contributed by atoms with Crippen LogP contribution in [-0.4, -0.2) is 29.8 Å². The normalized spacial score (nSPS) is 18.6. The van der Waals surface area contributed by atoms with Crippen molar-refractivity contribution in [2.75, 3.05) is 13.1 Å². The van der Waals surface area contributed by atoms with Crippen molar-refractivity contribution in [2.45, 2.75) is 32.0 Å². The van der Waals surface area contributed by atoms with Crippen molar-refractivity contribution in [3.63, 3.8) is 0 Å². The third kappa shape index (κ3) is 4.55. The predicted octanol–water partition coefficient (Wildman–Crippen LogP) is 4.03. The summed E-state index contributed by atoms with van der Waals surface area (Å²) in [6, 6.07) is 5.92. The topological polar surface area (TPSA) is 62.6 Å². The van der Waals surface area contributed by atoms with Gasteiger partial charge in [0.2, 0.25) is 5.91 Å². The summed E-state index contributed by atoms with van der Waals surface area (Å²) in [6.07, 6.45) is -0.354. The summed E-state index contributed by atoms with van der Waals surface area (Å²) in [5.41, 5.74) is 0.0596. The molecule has 1 fully saturated rings. The molecule has 1 aliphatic heterocycles. The number of rotatable bonds is 4. The molecular formula is C20H21F3N2O3. The molecule has 5 nitrogen and oxygen atoms in total. The van der Waals surface area contributed by atoms with E-state index in [9.17, 15) is 22.8 Å². The van der Waals surface area contributed by atoms with Gasteiger partial charge in [-0.05, 0) is 43.5 Å². The highest BCUT2D eigenvalue weighted by Crippen LogP contribution is 2.31. The van der Waals surface area contributed by atoms with Crippen LogP contribution in [0.2, 0.25) is 0 Å². The van der Waals surface area contributed by atoms with Crippen LogP contribution in [0.3, 0.4) is 0 Å². The number of alkyl halides is 3. The minimum absolute atomic E-state index is 0.197. The number of hydrogen-bond acceptors (Lipinski definition) is 3. The van der Waals surface area contributed by atoms with Crippen LogP contribution in [0.5, 0.6) is 0 Å². The highest BCUT2D eigenvalue weighted by Gasteiger charge is 2.32. The summed E-state index contributed by atoms with van der Waals surface area (Å²) < 4.78 is 43.6. The Balaban J connectivity index is 1.63. The lowest BCUT2D eigenvalue weighted by Gasteiger charge is -2.32. The van der Waals surface area contributed by atoms with Crippen LogP contribution in [0.1, 0.15) is 47.3 Å². The number of benzene rings is 1. The molecule has 2 amide bonds. The fraction of sp³-hybridized carbons (Fsp3) is 0.400. The molecule has 1 aromatic carbocycles. The quantitative estimate of drug-likeness (QED) is 0.852. The Kier molecular flexibility index (Phi) is 5.76. The monoisotopic (exact) mass is 394 g/mol. The molecule has 1 saturated heterocycles. The summed E-state index contributed by atoms with van der Waals surface area (Å²) in [6.45, 7) is 2.47. The molecule has 2 atom stereocenters. The van der Waals surface area contributed by atoms with Crippen LogP contribution >= 0.6 is 0 Å². The van der Waals surface area contributed by atoms with E-state index in [1.165, 1.54) is 18.6 Å². The zero-order valence-corrected chi connectivity index (χ0v) is 15.3. The SMILES string of the molecule is C[C@@H](NC(=O)[C@@H]1CCCN(C(=O)c2ccoc2)C1)c1cccc(C(F)(F)F)c1. The molecular weight excluding hydrogens is 373 g/mol. The zero-order chi connectivity index (χ0) is 20.3. The number of furan rings is 1. The number of carbonyl (C=O) groups excluding carboxylic acids is 2. The van der Waals surface area contributed by atoms with Gasteiger partial charge in [-0.1, -0.05) is 12.1 Å². The molecule has 2 heterocycles. The second-order valence-electron chi connectivity index (χ2n) is 6.96. The standard InChI is InChI=1S/C20H21F3N2O3/c1-13(14-4-2-6-17(10-14)20(21,22)23)24-18(26)15-5-3-8-25(11-15)19(27)16-7-9-28-12-16/h2,4,6-7,9-10,12-13,15H,3,5,8,11H2,1H3,(H,24,26)/t13-,15-/m1/s1. The number of piperidine rings is 1. The van der Waals surface area contributed by atoms with Crippen molar-refractivity contribution in [1.82, 2.24) is 10.2 Å². The van der Waals surface area contributed by atoms with E-state index in [1.54, 1.807) is 24.0 Å². The van der Waals surface area contributed by atoms with E-state index in [0.29, 0.717) is 30.5 Å². The molecule has 2 aromatic rings. The Morgan fingerprint density at radius 3 is 2.75 bits per heavy atom. The largest absolute Gasteiger partial charge is 0.472 e. The molecule has 1 aliphatic rings. The molecule has 0 unspecified atom stereocenters. The first-order valence-corrected chi connectivity index (χ1v) is 9.04. The molecule has 1 N–H and O–H groups in total. The van der Waals surface area contributed by atoms with Crippen LogP contribution in [0.4, 0.5) is 13.2 Å². The van der Waals surface area contributed by atoms with Gasteiger partial charge < -0.3 is 14.6 Å². The lowest BCUT2D eigenvalue weighted by Crippen LogP contribution is -2.45. The maximum atomic E-state index is 12.9. The van der Waals surface area contributed by atoms with Crippen LogP contribution in [-0.2, 0) is 11.0 Å². The van der Waals surface area contributed by atoms with Crippen molar-refractivity contribution in [3.8, 4) is 0 Å². The van der Waals surface area contributed by atoms with Gasteiger partial charge in [-0.15, -0.1) is 0 Å². The van der Waals surface area contributed by atoms with Crippen LogP contribution < -0.4 is 5.32 Å². The Bertz CT molecular complexity index is 833.